The second-order valence-corrected chi connectivity index (χ2v) is 10.1. The van der Waals surface area contributed by atoms with Crippen LogP contribution in [-0.2, 0) is 14.6 Å². The molecule has 6 heteroatoms. The molecule has 0 aromatic heterocycles. The van der Waals surface area contributed by atoms with Crippen molar-refractivity contribution in [3.05, 3.63) is 29.3 Å². The van der Waals surface area contributed by atoms with Crippen molar-refractivity contribution in [1.82, 2.24) is 4.90 Å². The van der Waals surface area contributed by atoms with Gasteiger partial charge in [-0.2, -0.15) is 0 Å². The van der Waals surface area contributed by atoms with Gasteiger partial charge in [0, 0.05) is 31.7 Å². The Bertz CT molecular complexity index is 715. The van der Waals surface area contributed by atoms with Crippen LogP contribution in [0.25, 0.3) is 0 Å². The maximum atomic E-state index is 12.5. The molecule has 1 aromatic rings. The van der Waals surface area contributed by atoms with Crippen molar-refractivity contribution >= 4 is 21.4 Å². The molecule has 26 heavy (non-hydrogen) atoms. The summed E-state index contributed by atoms with van der Waals surface area (Å²) >= 11 is 0. The molecule has 1 aromatic carbocycles. The molecule has 0 aliphatic carbocycles. The third-order valence-corrected chi connectivity index (χ3v) is 6.91. The van der Waals surface area contributed by atoms with E-state index in [2.05, 4.69) is 51.2 Å². The van der Waals surface area contributed by atoms with E-state index in [1.165, 1.54) is 11.1 Å². The molecule has 0 spiro atoms. The van der Waals surface area contributed by atoms with Gasteiger partial charge in [-0.05, 0) is 29.4 Å². The van der Waals surface area contributed by atoms with Gasteiger partial charge in [-0.15, -0.1) is 0 Å². The Morgan fingerprint density at radius 3 is 2.23 bits per heavy atom. The summed E-state index contributed by atoms with van der Waals surface area (Å²) in [5, 5.41) is 3.47. The Morgan fingerprint density at radius 2 is 1.77 bits per heavy atom. The van der Waals surface area contributed by atoms with Gasteiger partial charge in [0.1, 0.15) is 0 Å². The van der Waals surface area contributed by atoms with Crippen LogP contribution in [0.1, 0.15) is 63.5 Å². The topological polar surface area (TPSA) is 66.5 Å². The van der Waals surface area contributed by atoms with E-state index in [4.69, 9.17) is 0 Å². The summed E-state index contributed by atoms with van der Waals surface area (Å²) in [7, 11) is -1.26. The first kappa shape index (κ1) is 20.7. The molecule has 1 N–H and O–H groups in total. The van der Waals surface area contributed by atoms with Gasteiger partial charge in [0.05, 0.1) is 11.5 Å². The van der Waals surface area contributed by atoms with Crippen LogP contribution < -0.4 is 5.32 Å². The number of nitrogens with one attached hydrogen (secondary N) is 1. The molecule has 1 atom stereocenters. The minimum absolute atomic E-state index is 0.00674. The fraction of sp³-hybridized carbons (Fsp3) is 0.650. The lowest BCUT2D eigenvalue weighted by Gasteiger charge is -2.24. The number of hydrogen-bond acceptors (Lipinski definition) is 4. The first-order chi connectivity index (χ1) is 12.1. The Kier molecular flexibility index (Phi) is 6.72. The van der Waals surface area contributed by atoms with Crippen molar-refractivity contribution in [3.63, 3.8) is 0 Å². The van der Waals surface area contributed by atoms with Crippen LogP contribution in [-0.4, -0.2) is 50.4 Å². The number of hydrogen-bond donors (Lipinski definition) is 1. The number of carbonyl (C=O) groups is 1. The maximum Gasteiger partial charge on any atom is 0.224 e. The second-order valence-electron chi connectivity index (χ2n) is 7.86. The van der Waals surface area contributed by atoms with Crippen LogP contribution >= 0.6 is 0 Å². The third-order valence-electron chi connectivity index (χ3n) is 5.16. The smallest absolute Gasteiger partial charge is 0.224 e. The van der Waals surface area contributed by atoms with E-state index in [9.17, 15) is 13.2 Å². The molecule has 1 unspecified atom stereocenters. The molecular weight excluding hydrogens is 348 g/mol. The van der Waals surface area contributed by atoms with E-state index in [1.54, 1.807) is 11.9 Å². The lowest BCUT2D eigenvalue weighted by Crippen LogP contribution is -2.38. The minimum atomic E-state index is -2.98. The van der Waals surface area contributed by atoms with E-state index < -0.39 is 9.84 Å². The van der Waals surface area contributed by atoms with Crippen molar-refractivity contribution < 1.29 is 13.2 Å². The fourth-order valence-corrected chi connectivity index (χ4v) is 5.28. The van der Waals surface area contributed by atoms with Crippen molar-refractivity contribution in [1.29, 1.82) is 0 Å². The summed E-state index contributed by atoms with van der Waals surface area (Å²) in [6.07, 6.45) is 0.905. The van der Waals surface area contributed by atoms with E-state index >= 15 is 0 Å². The first-order valence-electron chi connectivity index (χ1n) is 9.45. The highest BCUT2D eigenvalue weighted by Gasteiger charge is 2.32. The molecule has 0 bridgehead atoms. The summed E-state index contributed by atoms with van der Waals surface area (Å²) in [6.45, 7) is 9.23. The second kappa shape index (κ2) is 8.42. The number of rotatable bonds is 7. The van der Waals surface area contributed by atoms with Gasteiger partial charge in [-0.3, -0.25) is 4.79 Å². The lowest BCUT2D eigenvalue weighted by molar-refractivity contribution is -0.131. The molecule has 1 saturated heterocycles. The van der Waals surface area contributed by atoms with Gasteiger partial charge in [-0.25, -0.2) is 8.42 Å². The van der Waals surface area contributed by atoms with Crippen molar-refractivity contribution in [2.75, 3.05) is 30.4 Å². The molecule has 1 aliphatic heterocycles. The Hall–Kier alpha value is -1.56. The average Bonchev–Trinajstić information content (AvgIpc) is 2.93. The van der Waals surface area contributed by atoms with Gasteiger partial charge < -0.3 is 10.2 Å². The van der Waals surface area contributed by atoms with Crippen molar-refractivity contribution in [2.24, 2.45) is 0 Å². The van der Waals surface area contributed by atoms with E-state index in [0.717, 1.165) is 5.69 Å². The maximum absolute atomic E-state index is 12.5. The molecule has 1 fully saturated rings. The Balaban J connectivity index is 2.00. The number of carbonyl (C=O) groups excluding carboxylic acids is 1. The third kappa shape index (κ3) is 5.00. The van der Waals surface area contributed by atoms with E-state index in [-0.39, 0.29) is 23.5 Å². The zero-order chi connectivity index (χ0) is 19.5. The largest absolute Gasteiger partial charge is 0.384 e. The highest BCUT2D eigenvalue weighted by molar-refractivity contribution is 7.91. The quantitative estimate of drug-likeness (QED) is 0.787. The minimum Gasteiger partial charge on any atom is -0.384 e. The first-order valence-corrected chi connectivity index (χ1v) is 11.3. The SMILES string of the molecule is CC(C)c1cccc(C(C)C)c1NCCC(=O)N(C)C1CCS(=O)(=O)C1. The van der Waals surface area contributed by atoms with E-state index in [1.807, 2.05) is 0 Å². The summed E-state index contributed by atoms with van der Waals surface area (Å²) < 4.78 is 23.2. The highest BCUT2D eigenvalue weighted by atomic mass is 32.2. The predicted molar refractivity (Wildman–Crippen MR) is 108 cm³/mol. The number of para-hydroxylation sites is 1. The fourth-order valence-electron chi connectivity index (χ4n) is 3.51. The lowest BCUT2D eigenvalue weighted by atomic mass is 9.92. The van der Waals surface area contributed by atoms with Crippen LogP contribution in [0.2, 0.25) is 0 Å². The molecule has 1 aliphatic rings. The molecule has 5 nitrogen and oxygen atoms in total. The predicted octanol–water partition coefficient (Wildman–Crippen LogP) is 3.38. The molecule has 0 saturated carbocycles. The normalized spacial score (nSPS) is 19.1. The molecular formula is C20H32N2O3S. The molecule has 2 rings (SSSR count). The standard InChI is InChI=1S/C20H32N2O3S/c1-14(2)17-7-6-8-18(15(3)4)20(17)21-11-9-19(23)22(5)16-10-12-26(24,25)13-16/h6-8,14-16,21H,9-13H2,1-5H3. The van der Waals surface area contributed by atoms with Gasteiger partial charge in [0.15, 0.2) is 9.84 Å². The number of anilines is 1. The zero-order valence-corrected chi connectivity index (χ0v) is 17.4. The van der Waals surface area contributed by atoms with Gasteiger partial charge >= 0.3 is 0 Å². The average molecular weight is 381 g/mol. The number of sulfone groups is 1. The monoisotopic (exact) mass is 380 g/mol. The Morgan fingerprint density at radius 1 is 1.19 bits per heavy atom. The van der Waals surface area contributed by atoms with Gasteiger partial charge in [0.2, 0.25) is 5.91 Å². The molecule has 0 radical (unpaired) electrons. The van der Waals surface area contributed by atoms with Crippen LogP contribution in [0.4, 0.5) is 5.69 Å². The molecule has 1 heterocycles. The summed E-state index contributed by atoms with van der Waals surface area (Å²) in [4.78, 5) is 14.1. The molecule has 146 valence electrons. The number of amides is 1. The summed E-state index contributed by atoms with van der Waals surface area (Å²) in [6, 6.07) is 6.18. The highest BCUT2D eigenvalue weighted by Crippen LogP contribution is 2.32. The van der Waals surface area contributed by atoms with Crippen LogP contribution in [0.5, 0.6) is 0 Å². The number of benzene rings is 1. The van der Waals surface area contributed by atoms with Crippen molar-refractivity contribution in [2.45, 2.75) is 58.4 Å². The van der Waals surface area contributed by atoms with Crippen LogP contribution in [0.3, 0.4) is 0 Å². The van der Waals surface area contributed by atoms with Crippen LogP contribution in [0, 0.1) is 0 Å². The van der Waals surface area contributed by atoms with Gasteiger partial charge in [0.25, 0.3) is 0 Å². The van der Waals surface area contributed by atoms with Crippen molar-refractivity contribution in [3.8, 4) is 0 Å². The zero-order valence-electron chi connectivity index (χ0n) is 16.6. The Labute approximate surface area is 158 Å². The summed E-state index contributed by atoms with van der Waals surface area (Å²) in [5.74, 6) is 1.08. The summed E-state index contributed by atoms with van der Waals surface area (Å²) in [5.41, 5.74) is 3.66. The molecule has 1 amide bonds. The number of nitrogens with zero attached hydrogens (tertiary/aromatic N) is 1. The van der Waals surface area contributed by atoms with Gasteiger partial charge in [-0.1, -0.05) is 45.9 Å². The van der Waals surface area contributed by atoms with E-state index in [0.29, 0.717) is 31.2 Å². The van der Waals surface area contributed by atoms with Crippen LogP contribution in [0.15, 0.2) is 18.2 Å².